The minimum absolute atomic E-state index is 0.0694. The quantitative estimate of drug-likeness (QED) is 0.778. The zero-order chi connectivity index (χ0) is 15.4. The maximum Gasteiger partial charge on any atom is 0.165 e. The van der Waals surface area contributed by atoms with Crippen molar-refractivity contribution in [3.8, 4) is 0 Å². The van der Waals surface area contributed by atoms with Crippen LogP contribution in [0.3, 0.4) is 0 Å². The van der Waals surface area contributed by atoms with E-state index < -0.39 is 0 Å². The first-order valence-electron chi connectivity index (χ1n) is 8.07. The third kappa shape index (κ3) is 4.39. The highest BCUT2D eigenvalue weighted by Gasteiger charge is 2.18. The lowest BCUT2D eigenvalue weighted by molar-refractivity contribution is 0.0939. The zero-order valence-corrected chi connectivity index (χ0v) is 13.8. The van der Waals surface area contributed by atoms with Crippen molar-refractivity contribution in [2.45, 2.75) is 40.3 Å². The first-order chi connectivity index (χ1) is 9.97. The Morgan fingerprint density at radius 3 is 2.05 bits per heavy atom. The molecular weight excluding hydrogens is 260 g/mol. The molecule has 3 nitrogen and oxygen atoms in total. The summed E-state index contributed by atoms with van der Waals surface area (Å²) < 4.78 is 0. The number of carbonyl (C=O) groups excluding carboxylic acids is 1. The van der Waals surface area contributed by atoms with Crippen molar-refractivity contribution < 1.29 is 4.79 Å². The number of hydrogen-bond donors (Lipinski definition) is 0. The number of Topliss-reactive ketones (excluding diaryl/α,β-unsaturated/α-hetero) is 1. The van der Waals surface area contributed by atoms with E-state index in [1.54, 1.807) is 0 Å². The fourth-order valence-corrected chi connectivity index (χ4v) is 2.80. The number of rotatable bonds is 5. The van der Waals surface area contributed by atoms with Crippen LogP contribution in [0.15, 0.2) is 24.3 Å². The molecule has 1 aliphatic rings. The second-order valence-corrected chi connectivity index (χ2v) is 6.62. The van der Waals surface area contributed by atoms with Crippen LogP contribution in [0.25, 0.3) is 0 Å². The summed E-state index contributed by atoms with van der Waals surface area (Å²) in [4.78, 5) is 17.0. The Bertz CT molecular complexity index is 457. The Morgan fingerprint density at radius 2 is 1.57 bits per heavy atom. The van der Waals surface area contributed by atoms with Gasteiger partial charge in [-0.25, -0.2) is 0 Å². The Kier molecular flexibility index (Phi) is 5.54. The van der Waals surface area contributed by atoms with Gasteiger partial charge in [0.25, 0.3) is 0 Å². The summed E-state index contributed by atoms with van der Waals surface area (Å²) >= 11 is 0. The standard InChI is InChI=1S/C18H28N2O/c1-14(2)18(21)17-7-5-16(6-8-17)13-19-9-11-20(12-10-19)15(3)4/h5-8,14-15H,9-13H2,1-4H3. The van der Waals surface area contributed by atoms with Crippen molar-refractivity contribution in [1.82, 2.24) is 9.80 Å². The van der Waals surface area contributed by atoms with Crippen molar-refractivity contribution >= 4 is 5.78 Å². The summed E-state index contributed by atoms with van der Waals surface area (Å²) in [6, 6.07) is 8.80. The molecule has 1 saturated heterocycles. The van der Waals surface area contributed by atoms with E-state index in [1.165, 1.54) is 5.56 Å². The predicted molar refractivity (Wildman–Crippen MR) is 87.6 cm³/mol. The van der Waals surface area contributed by atoms with Gasteiger partial charge in [-0.15, -0.1) is 0 Å². The summed E-state index contributed by atoms with van der Waals surface area (Å²) in [5.41, 5.74) is 2.13. The highest BCUT2D eigenvalue weighted by atomic mass is 16.1. The number of ketones is 1. The lowest BCUT2D eigenvalue weighted by Crippen LogP contribution is -2.48. The minimum Gasteiger partial charge on any atom is -0.298 e. The summed E-state index contributed by atoms with van der Waals surface area (Å²) in [5.74, 6) is 0.298. The molecule has 1 aliphatic heterocycles. The second kappa shape index (κ2) is 7.19. The van der Waals surface area contributed by atoms with Gasteiger partial charge in [0, 0.05) is 50.2 Å². The van der Waals surface area contributed by atoms with E-state index in [0.717, 1.165) is 38.3 Å². The molecule has 116 valence electrons. The molecule has 0 N–H and O–H groups in total. The monoisotopic (exact) mass is 288 g/mol. The molecule has 0 radical (unpaired) electrons. The van der Waals surface area contributed by atoms with Crippen molar-refractivity contribution in [3.05, 3.63) is 35.4 Å². The number of carbonyl (C=O) groups is 1. The van der Waals surface area contributed by atoms with Crippen molar-refractivity contribution in [1.29, 1.82) is 0 Å². The molecule has 1 aromatic carbocycles. The van der Waals surface area contributed by atoms with Crippen LogP contribution in [-0.4, -0.2) is 47.8 Å². The Hall–Kier alpha value is -1.19. The molecule has 0 spiro atoms. The highest BCUT2D eigenvalue weighted by Crippen LogP contribution is 2.13. The molecule has 2 rings (SSSR count). The van der Waals surface area contributed by atoms with Crippen LogP contribution in [0.1, 0.15) is 43.6 Å². The van der Waals surface area contributed by atoms with Crippen LogP contribution in [-0.2, 0) is 6.54 Å². The van der Waals surface area contributed by atoms with E-state index in [2.05, 4.69) is 35.8 Å². The van der Waals surface area contributed by atoms with E-state index >= 15 is 0 Å². The third-order valence-electron chi connectivity index (χ3n) is 4.31. The van der Waals surface area contributed by atoms with Gasteiger partial charge in [0.05, 0.1) is 0 Å². The Labute approximate surface area is 128 Å². The second-order valence-electron chi connectivity index (χ2n) is 6.62. The fraction of sp³-hybridized carbons (Fsp3) is 0.611. The molecular formula is C18H28N2O. The topological polar surface area (TPSA) is 23.6 Å². The maximum atomic E-state index is 11.9. The molecule has 0 unspecified atom stereocenters. The van der Waals surface area contributed by atoms with E-state index in [9.17, 15) is 4.79 Å². The average molecular weight is 288 g/mol. The van der Waals surface area contributed by atoms with Gasteiger partial charge in [0.2, 0.25) is 0 Å². The van der Waals surface area contributed by atoms with E-state index in [-0.39, 0.29) is 11.7 Å². The number of piperazine rings is 1. The molecule has 21 heavy (non-hydrogen) atoms. The van der Waals surface area contributed by atoms with Crippen LogP contribution in [0.2, 0.25) is 0 Å². The largest absolute Gasteiger partial charge is 0.298 e. The van der Waals surface area contributed by atoms with Gasteiger partial charge in [-0.1, -0.05) is 38.1 Å². The Morgan fingerprint density at radius 1 is 1.00 bits per heavy atom. The molecule has 0 bridgehead atoms. The van der Waals surface area contributed by atoms with Crippen LogP contribution in [0, 0.1) is 5.92 Å². The molecule has 3 heteroatoms. The lowest BCUT2D eigenvalue weighted by atomic mass is 10.00. The summed E-state index contributed by atoms with van der Waals surface area (Å²) in [7, 11) is 0. The first kappa shape index (κ1) is 16.2. The molecule has 0 atom stereocenters. The maximum absolute atomic E-state index is 11.9. The van der Waals surface area contributed by atoms with Crippen LogP contribution in [0.4, 0.5) is 0 Å². The van der Waals surface area contributed by atoms with Gasteiger partial charge >= 0.3 is 0 Å². The van der Waals surface area contributed by atoms with Gasteiger partial charge < -0.3 is 0 Å². The molecule has 0 aliphatic carbocycles. The third-order valence-corrected chi connectivity index (χ3v) is 4.31. The van der Waals surface area contributed by atoms with Gasteiger partial charge in [0.15, 0.2) is 5.78 Å². The van der Waals surface area contributed by atoms with Gasteiger partial charge in [0.1, 0.15) is 0 Å². The van der Waals surface area contributed by atoms with Gasteiger partial charge in [-0.05, 0) is 19.4 Å². The Balaban J connectivity index is 1.88. The molecule has 0 amide bonds. The summed E-state index contributed by atoms with van der Waals surface area (Å²) in [6.07, 6.45) is 0. The predicted octanol–water partition coefficient (Wildman–Crippen LogP) is 3.05. The van der Waals surface area contributed by atoms with Crippen molar-refractivity contribution in [2.75, 3.05) is 26.2 Å². The van der Waals surface area contributed by atoms with Crippen LogP contribution >= 0.6 is 0 Å². The molecule has 1 heterocycles. The van der Waals surface area contributed by atoms with Crippen LogP contribution < -0.4 is 0 Å². The van der Waals surface area contributed by atoms with E-state index in [1.807, 2.05) is 26.0 Å². The minimum atomic E-state index is 0.0694. The van der Waals surface area contributed by atoms with E-state index in [4.69, 9.17) is 0 Å². The molecule has 1 aromatic rings. The smallest absolute Gasteiger partial charge is 0.165 e. The van der Waals surface area contributed by atoms with Gasteiger partial charge in [-0.3, -0.25) is 14.6 Å². The summed E-state index contributed by atoms with van der Waals surface area (Å²) in [5, 5.41) is 0. The number of benzene rings is 1. The number of hydrogen-bond acceptors (Lipinski definition) is 3. The first-order valence-corrected chi connectivity index (χ1v) is 8.07. The average Bonchev–Trinajstić information content (AvgIpc) is 2.47. The van der Waals surface area contributed by atoms with Crippen LogP contribution in [0.5, 0.6) is 0 Å². The normalized spacial score (nSPS) is 17.6. The molecule has 0 aromatic heterocycles. The summed E-state index contributed by atoms with van der Waals surface area (Å²) in [6.45, 7) is 14.0. The zero-order valence-electron chi connectivity index (χ0n) is 13.8. The van der Waals surface area contributed by atoms with Gasteiger partial charge in [-0.2, -0.15) is 0 Å². The SMILES string of the molecule is CC(C)C(=O)c1ccc(CN2CCN(C(C)C)CC2)cc1. The number of nitrogens with zero attached hydrogens (tertiary/aromatic N) is 2. The lowest BCUT2D eigenvalue weighted by Gasteiger charge is -2.36. The molecule has 0 saturated carbocycles. The van der Waals surface area contributed by atoms with Crippen molar-refractivity contribution in [2.24, 2.45) is 5.92 Å². The molecule has 1 fully saturated rings. The van der Waals surface area contributed by atoms with E-state index in [0.29, 0.717) is 6.04 Å². The highest BCUT2D eigenvalue weighted by molar-refractivity contribution is 5.97. The fourth-order valence-electron chi connectivity index (χ4n) is 2.80. The van der Waals surface area contributed by atoms with Crippen molar-refractivity contribution in [3.63, 3.8) is 0 Å².